The van der Waals surface area contributed by atoms with Crippen molar-refractivity contribution in [2.45, 2.75) is 24.0 Å². The third-order valence-corrected chi connectivity index (χ3v) is 3.52. The van der Waals surface area contributed by atoms with E-state index in [9.17, 15) is 4.39 Å². The van der Waals surface area contributed by atoms with Gasteiger partial charge in [-0.3, -0.25) is 4.57 Å². The number of benzene rings is 1. The molecule has 17 heavy (non-hydrogen) atoms. The second-order valence-corrected chi connectivity index (χ2v) is 4.86. The van der Waals surface area contributed by atoms with Crippen molar-refractivity contribution in [1.82, 2.24) is 14.8 Å². The molecule has 1 heterocycles. The number of rotatable bonds is 3. The van der Waals surface area contributed by atoms with Gasteiger partial charge >= 0.3 is 0 Å². The Balaban J connectivity index is 2.14. The average molecular weight is 249 g/mol. The van der Waals surface area contributed by atoms with E-state index in [2.05, 4.69) is 14.8 Å². The molecule has 0 saturated heterocycles. The van der Waals surface area contributed by atoms with E-state index in [1.165, 1.54) is 6.07 Å². The molecule has 88 valence electrons. The van der Waals surface area contributed by atoms with Crippen molar-refractivity contribution >= 4 is 11.8 Å². The van der Waals surface area contributed by atoms with E-state index < -0.39 is 0 Å². The van der Waals surface area contributed by atoms with Crippen molar-refractivity contribution in [3.63, 3.8) is 0 Å². The van der Waals surface area contributed by atoms with Crippen molar-refractivity contribution in [2.75, 3.05) is 6.26 Å². The predicted molar refractivity (Wildman–Crippen MR) is 65.5 cm³/mol. The summed E-state index contributed by atoms with van der Waals surface area (Å²) in [4.78, 5) is 0. The second-order valence-electron chi connectivity index (χ2n) is 4.09. The molecule has 5 heteroatoms. The van der Waals surface area contributed by atoms with E-state index in [-0.39, 0.29) is 5.82 Å². The van der Waals surface area contributed by atoms with Crippen molar-refractivity contribution < 1.29 is 4.39 Å². The zero-order chi connectivity index (χ0) is 11.8. The van der Waals surface area contributed by atoms with Crippen molar-refractivity contribution in [3.8, 4) is 11.4 Å². The largest absolute Gasteiger partial charge is 0.299 e. The Morgan fingerprint density at radius 1 is 1.29 bits per heavy atom. The third kappa shape index (κ3) is 1.84. The summed E-state index contributed by atoms with van der Waals surface area (Å²) in [6, 6.07) is 7.17. The molecule has 0 atom stereocenters. The zero-order valence-electron chi connectivity index (χ0n) is 9.43. The van der Waals surface area contributed by atoms with Crippen LogP contribution in [-0.4, -0.2) is 21.0 Å². The molecular formula is C12H12FN3S. The van der Waals surface area contributed by atoms with Crippen LogP contribution in [0.1, 0.15) is 18.9 Å². The van der Waals surface area contributed by atoms with Crippen LogP contribution in [0.4, 0.5) is 4.39 Å². The second kappa shape index (κ2) is 4.14. The van der Waals surface area contributed by atoms with Gasteiger partial charge in [0, 0.05) is 6.04 Å². The fraction of sp³-hybridized carbons (Fsp3) is 0.333. The Morgan fingerprint density at radius 2 is 2.06 bits per heavy atom. The van der Waals surface area contributed by atoms with Gasteiger partial charge in [-0.2, -0.15) is 0 Å². The highest BCUT2D eigenvalue weighted by Gasteiger charge is 2.30. The van der Waals surface area contributed by atoms with Gasteiger partial charge in [-0.05, 0) is 31.2 Å². The molecule has 0 aliphatic heterocycles. The van der Waals surface area contributed by atoms with Crippen LogP contribution < -0.4 is 0 Å². The Morgan fingerprint density at radius 3 is 2.71 bits per heavy atom. The lowest BCUT2D eigenvalue weighted by molar-refractivity contribution is 0.622. The first-order valence-corrected chi connectivity index (χ1v) is 6.77. The zero-order valence-corrected chi connectivity index (χ0v) is 10.2. The molecule has 3 nitrogen and oxygen atoms in total. The fourth-order valence-electron chi connectivity index (χ4n) is 1.90. The summed E-state index contributed by atoms with van der Waals surface area (Å²) in [7, 11) is 0. The van der Waals surface area contributed by atoms with Crippen LogP contribution in [0.3, 0.4) is 0 Å². The Labute approximate surface area is 103 Å². The average Bonchev–Trinajstić information content (AvgIpc) is 3.10. The van der Waals surface area contributed by atoms with Gasteiger partial charge in [-0.1, -0.05) is 23.9 Å². The van der Waals surface area contributed by atoms with Crippen molar-refractivity contribution in [3.05, 3.63) is 30.1 Å². The molecule has 0 radical (unpaired) electrons. The molecule has 0 unspecified atom stereocenters. The minimum Gasteiger partial charge on any atom is -0.299 e. The summed E-state index contributed by atoms with van der Waals surface area (Å²) in [6.45, 7) is 0. The van der Waals surface area contributed by atoms with Gasteiger partial charge in [0.1, 0.15) is 5.82 Å². The van der Waals surface area contributed by atoms with Gasteiger partial charge in [-0.15, -0.1) is 10.2 Å². The minimum absolute atomic E-state index is 0.241. The van der Waals surface area contributed by atoms with E-state index in [1.54, 1.807) is 23.9 Å². The smallest absolute Gasteiger partial charge is 0.191 e. The molecule has 3 rings (SSSR count). The number of hydrogen-bond donors (Lipinski definition) is 0. The molecular weight excluding hydrogens is 237 g/mol. The highest BCUT2D eigenvalue weighted by Crippen LogP contribution is 2.40. The standard InChI is InChI=1S/C12H12FN3S/c1-17-12-15-14-11(16(12)8-6-7-8)9-4-2-3-5-10(9)13/h2-5,8H,6-7H2,1H3. The Bertz CT molecular complexity index is 548. The van der Waals surface area contributed by atoms with Crippen LogP contribution in [0.5, 0.6) is 0 Å². The SMILES string of the molecule is CSc1nnc(-c2ccccc2F)n1C1CC1. The molecule has 1 aromatic heterocycles. The highest BCUT2D eigenvalue weighted by atomic mass is 32.2. The molecule has 1 aromatic carbocycles. The van der Waals surface area contributed by atoms with Crippen LogP contribution >= 0.6 is 11.8 Å². The molecule has 2 aromatic rings. The van der Waals surface area contributed by atoms with E-state index in [4.69, 9.17) is 0 Å². The monoisotopic (exact) mass is 249 g/mol. The summed E-state index contributed by atoms with van der Waals surface area (Å²) >= 11 is 1.55. The summed E-state index contributed by atoms with van der Waals surface area (Å²) in [6.07, 6.45) is 4.23. The van der Waals surface area contributed by atoms with Gasteiger partial charge < -0.3 is 0 Å². The minimum atomic E-state index is -0.241. The fourth-order valence-corrected chi connectivity index (χ4v) is 2.46. The molecule has 0 spiro atoms. The van der Waals surface area contributed by atoms with E-state index >= 15 is 0 Å². The van der Waals surface area contributed by atoms with Gasteiger partial charge in [-0.25, -0.2) is 4.39 Å². The normalized spacial score (nSPS) is 15.2. The van der Waals surface area contributed by atoms with Gasteiger partial charge in [0.25, 0.3) is 0 Å². The summed E-state index contributed by atoms with van der Waals surface area (Å²) in [5, 5.41) is 9.12. The van der Waals surface area contributed by atoms with Crippen LogP contribution in [-0.2, 0) is 0 Å². The maximum atomic E-state index is 13.8. The van der Waals surface area contributed by atoms with Crippen molar-refractivity contribution in [2.24, 2.45) is 0 Å². The predicted octanol–water partition coefficient (Wildman–Crippen LogP) is 3.14. The number of hydrogen-bond acceptors (Lipinski definition) is 3. The topological polar surface area (TPSA) is 30.7 Å². The van der Waals surface area contributed by atoms with Gasteiger partial charge in [0.2, 0.25) is 0 Å². The summed E-state index contributed by atoms with van der Waals surface area (Å²) < 4.78 is 15.8. The highest BCUT2D eigenvalue weighted by molar-refractivity contribution is 7.98. The third-order valence-electron chi connectivity index (χ3n) is 2.87. The molecule has 0 N–H and O–H groups in total. The number of nitrogens with zero attached hydrogens (tertiary/aromatic N) is 3. The van der Waals surface area contributed by atoms with E-state index in [1.807, 2.05) is 12.3 Å². The molecule has 0 bridgehead atoms. The molecule has 1 aliphatic rings. The van der Waals surface area contributed by atoms with E-state index in [0.29, 0.717) is 17.4 Å². The lowest BCUT2D eigenvalue weighted by Gasteiger charge is -2.07. The molecule has 1 aliphatic carbocycles. The summed E-state index contributed by atoms with van der Waals surface area (Å²) in [5.41, 5.74) is 0.534. The van der Waals surface area contributed by atoms with Gasteiger partial charge in [0.05, 0.1) is 5.56 Å². The molecule has 0 amide bonds. The maximum Gasteiger partial charge on any atom is 0.191 e. The van der Waals surface area contributed by atoms with Crippen LogP contribution in [0.25, 0.3) is 11.4 Å². The van der Waals surface area contributed by atoms with Gasteiger partial charge in [0.15, 0.2) is 11.0 Å². The number of aromatic nitrogens is 3. The van der Waals surface area contributed by atoms with E-state index in [0.717, 1.165) is 18.0 Å². The quantitative estimate of drug-likeness (QED) is 0.783. The number of halogens is 1. The molecule has 1 saturated carbocycles. The summed E-state index contributed by atoms with van der Waals surface area (Å²) in [5.74, 6) is 0.407. The molecule has 1 fully saturated rings. The maximum absolute atomic E-state index is 13.8. The lowest BCUT2D eigenvalue weighted by atomic mass is 10.2. The first-order chi connectivity index (χ1) is 8.31. The first kappa shape index (κ1) is 10.8. The van der Waals surface area contributed by atoms with Crippen molar-refractivity contribution in [1.29, 1.82) is 0 Å². The Hall–Kier alpha value is -1.36. The van der Waals surface area contributed by atoms with Crippen LogP contribution in [0.2, 0.25) is 0 Å². The Kier molecular flexibility index (Phi) is 2.63. The van der Waals surface area contributed by atoms with Crippen LogP contribution in [0.15, 0.2) is 29.4 Å². The first-order valence-electron chi connectivity index (χ1n) is 5.55. The lowest BCUT2D eigenvalue weighted by Crippen LogP contribution is -2.00. The number of thioether (sulfide) groups is 1. The van der Waals surface area contributed by atoms with Crippen LogP contribution in [0, 0.1) is 5.82 Å².